The highest BCUT2D eigenvalue weighted by atomic mass is 32.2. The molecule has 5 atom stereocenters. The fraction of sp³-hybridized carbons (Fsp3) is 0.750. The molecule has 0 bridgehead atoms. The number of rotatable bonds is 14. The molecule has 0 aromatic rings. The lowest BCUT2D eigenvalue weighted by atomic mass is 10.1. The van der Waals surface area contributed by atoms with Gasteiger partial charge >= 0.3 is 5.97 Å². The second-order valence-corrected chi connectivity index (χ2v) is 9.13. The molecule has 13 nitrogen and oxygen atoms in total. The minimum Gasteiger partial charge on any atom is -0.480 e. The van der Waals surface area contributed by atoms with Gasteiger partial charge in [-0.3, -0.25) is 19.4 Å². The summed E-state index contributed by atoms with van der Waals surface area (Å²) in [6, 6.07) is -4.18. The molecule has 3 amide bonds. The standard InChI is InChI=1S/C20H37N7O6S/c1-11(28)15(21)18(31)27-9-4-6-14(27)17(30)25-12(5-3-8-24-20(22)23)16(29)26-13(19(32)33)7-10-34-2/h11-15,28H,3-10,21H2,1-2H3,(H,25,30)(H,26,29)(H,32,33)(H4,22,23,24). The van der Waals surface area contributed by atoms with E-state index in [-0.39, 0.29) is 25.3 Å². The Morgan fingerprint density at radius 1 is 1.18 bits per heavy atom. The van der Waals surface area contributed by atoms with Crippen molar-refractivity contribution in [3.63, 3.8) is 0 Å². The molecule has 194 valence electrons. The van der Waals surface area contributed by atoms with E-state index in [0.29, 0.717) is 31.6 Å². The molecule has 1 aliphatic rings. The maximum Gasteiger partial charge on any atom is 0.326 e. The van der Waals surface area contributed by atoms with Crippen LogP contribution in [0.3, 0.4) is 0 Å². The number of carbonyl (C=O) groups is 4. The van der Waals surface area contributed by atoms with Gasteiger partial charge in [0.15, 0.2) is 5.96 Å². The van der Waals surface area contributed by atoms with Crippen LogP contribution >= 0.6 is 11.8 Å². The van der Waals surface area contributed by atoms with Gasteiger partial charge in [-0.15, -0.1) is 0 Å². The number of aliphatic carboxylic acids is 1. The number of aliphatic hydroxyl groups excluding tert-OH is 1. The molecule has 5 unspecified atom stereocenters. The summed E-state index contributed by atoms with van der Waals surface area (Å²) >= 11 is 1.45. The summed E-state index contributed by atoms with van der Waals surface area (Å²) in [5, 5.41) is 24.2. The Kier molecular flexibility index (Phi) is 12.7. The smallest absolute Gasteiger partial charge is 0.326 e. The van der Waals surface area contributed by atoms with Crippen molar-refractivity contribution >= 4 is 41.4 Å². The van der Waals surface area contributed by atoms with E-state index in [9.17, 15) is 29.4 Å². The Labute approximate surface area is 203 Å². The summed E-state index contributed by atoms with van der Waals surface area (Å²) in [4.78, 5) is 55.2. The number of carboxylic acid groups (broad SMARTS) is 1. The number of nitrogens with zero attached hydrogens (tertiary/aromatic N) is 2. The minimum absolute atomic E-state index is 0.109. The van der Waals surface area contributed by atoms with Crippen LogP contribution < -0.4 is 27.8 Å². The molecular weight excluding hydrogens is 466 g/mol. The van der Waals surface area contributed by atoms with E-state index in [1.54, 1.807) is 0 Å². The van der Waals surface area contributed by atoms with E-state index < -0.39 is 54.0 Å². The average Bonchev–Trinajstić information content (AvgIpc) is 3.26. The monoisotopic (exact) mass is 503 g/mol. The summed E-state index contributed by atoms with van der Waals surface area (Å²) in [7, 11) is 0. The number of aliphatic imine (C=N–C) groups is 1. The average molecular weight is 504 g/mol. The van der Waals surface area contributed by atoms with Gasteiger partial charge in [0.2, 0.25) is 17.7 Å². The number of aliphatic hydroxyl groups is 1. The predicted octanol–water partition coefficient (Wildman–Crippen LogP) is -2.45. The molecule has 10 N–H and O–H groups in total. The zero-order chi connectivity index (χ0) is 25.8. The van der Waals surface area contributed by atoms with Crippen LogP contribution in [0.4, 0.5) is 0 Å². The minimum atomic E-state index is -1.17. The Hall–Kier alpha value is -2.58. The van der Waals surface area contributed by atoms with Crippen LogP contribution in [-0.4, -0.2) is 100 Å². The van der Waals surface area contributed by atoms with Gasteiger partial charge in [-0.1, -0.05) is 0 Å². The fourth-order valence-corrected chi connectivity index (χ4v) is 3.98. The molecule has 0 saturated carbocycles. The van der Waals surface area contributed by atoms with E-state index in [0.717, 1.165) is 0 Å². The van der Waals surface area contributed by atoms with E-state index >= 15 is 0 Å². The van der Waals surface area contributed by atoms with Crippen LogP contribution in [0.15, 0.2) is 4.99 Å². The fourth-order valence-electron chi connectivity index (χ4n) is 3.51. The number of likely N-dealkylation sites (tertiary alicyclic amines) is 1. The van der Waals surface area contributed by atoms with E-state index in [4.69, 9.17) is 17.2 Å². The van der Waals surface area contributed by atoms with Crippen LogP contribution in [-0.2, 0) is 19.2 Å². The number of guanidine groups is 1. The molecule has 0 radical (unpaired) electrons. The number of carbonyl (C=O) groups excluding carboxylic acids is 3. The van der Waals surface area contributed by atoms with Gasteiger partial charge < -0.3 is 42.9 Å². The summed E-state index contributed by atoms with van der Waals surface area (Å²) < 4.78 is 0. The summed E-state index contributed by atoms with van der Waals surface area (Å²) in [6.45, 7) is 1.91. The highest BCUT2D eigenvalue weighted by Gasteiger charge is 2.38. The zero-order valence-corrected chi connectivity index (χ0v) is 20.4. The van der Waals surface area contributed by atoms with Crippen molar-refractivity contribution in [1.82, 2.24) is 15.5 Å². The van der Waals surface area contributed by atoms with Gasteiger partial charge in [-0.05, 0) is 51.0 Å². The van der Waals surface area contributed by atoms with Gasteiger partial charge in [0, 0.05) is 13.1 Å². The van der Waals surface area contributed by atoms with Crippen LogP contribution in [0.5, 0.6) is 0 Å². The first-order valence-electron chi connectivity index (χ1n) is 11.1. The van der Waals surface area contributed by atoms with Crippen molar-refractivity contribution in [3.05, 3.63) is 0 Å². The molecular formula is C20H37N7O6S. The molecule has 0 aromatic carbocycles. The lowest BCUT2D eigenvalue weighted by Crippen LogP contribution is -2.57. The molecule has 0 aromatic heterocycles. The second kappa shape index (κ2) is 14.6. The number of nitrogens with one attached hydrogen (secondary N) is 2. The van der Waals surface area contributed by atoms with E-state index in [1.807, 2.05) is 6.26 Å². The molecule has 0 aliphatic carbocycles. The second-order valence-electron chi connectivity index (χ2n) is 8.15. The maximum atomic E-state index is 13.0. The van der Waals surface area contributed by atoms with E-state index in [1.165, 1.54) is 23.6 Å². The Morgan fingerprint density at radius 2 is 1.85 bits per heavy atom. The first kappa shape index (κ1) is 29.5. The molecule has 0 spiro atoms. The summed E-state index contributed by atoms with van der Waals surface area (Å²) in [5.41, 5.74) is 16.4. The van der Waals surface area contributed by atoms with Gasteiger partial charge in [0.05, 0.1) is 6.10 Å². The van der Waals surface area contributed by atoms with Crippen molar-refractivity contribution in [2.45, 2.75) is 69.3 Å². The Balaban J connectivity index is 2.95. The lowest BCUT2D eigenvalue weighted by molar-refractivity contribution is -0.143. The van der Waals surface area contributed by atoms with Crippen molar-refractivity contribution in [1.29, 1.82) is 0 Å². The third-order valence-electron chi connectivity index (χ3n) is 5.45. The number of hydrogen-bond acceptors (Lipinski definition) is 8. The molecule has 1 aliphatic heterocycles. The number of nitrogens with two attached hydrogens (primary N) is 3. The molecule has 1 rings (SSSR count). The van der Waals surface area contributed by atoms with Gasteiger partial charge in [-0.2, -0.15) is 11.8 Å². The van der Waals surface area contributed by atoms with Gasteiger partial charge in [0.1, 0.15) is 24.2 Å². The number of hydrogen-bond donors (Lipinski definition) is 7. The topological polar surface area (TPSA) is 226 Å². The third kappa shape index (κ3) is 9.35. The van der Waals surface area contributed by atoms with Crippen molar-refractivity contribution in [2.75, 3.05) is 25.1 Å². The Morgan fingerprint density at radius 3 is 2.41 bits per heavy atom. The number of thioether (sulfide) groups is 1. The van der Waals surface area contributed by atoms with Crippen LogP contribution in [0.2, 0.25) is 0 Å². The molecule has 1 fully saturated rings. The zero-order valence-electron chi connectivity index (χ0n) is 19.6. The predicted molar refractivity (Wildman–Crippen MR) is 129 cm³/mol. The van der Waals surface area contributed by atoms with Crippen molar-refractivity contribution < 1.29 is 29.4 Å². The van der Waals surface area contributed by atoms with Crippen LogP contribution in [0.25, 0.3) is 0 Å². The SMILES string of the molecule is CSCCC(NC(=O)C(CCCN=C(N)N)NC(=O)C1CCCN1C(=O)C(N)C(C)O)C(=O)O. The molecule has 14 heteroatoms. The maximum absolute atomic E-state index is 13.0. The highest BCUT2D eigenvalue weighted by molar-refractivity contribution is 7.98. The lowest BCUT2D eigenvalue weighted by Gasteiger charge is -2.29. The molecule has 34 heavy (non-hydrogen) atoms. The number of carboxylic acids is 1. The largest absolute Gasteiger partial charge is 0.480 e. The van der Waals surface area contributed by atoms with Gasteiger partial charge in [0.25, 0.3) is 0 Å². The van der Waals surface area contributed by atoms with Crippen LogP contribution in [0, 0.1) is 0 Å². The first-order valence-corrected chi connectivity index (χ1v) is 12.5. The number of amides is 3. The van der Waals surface area contributed by atoms with E-state index in [2.05, 4.69) is 15.6 Å². The highest BCUT2D eigenvalue weighted by Crippen LogP contribution is 2.19. The molecule has 1 saturated heterocycles. The molecule has 1 heterocycles. The van der Waals surface area contributed by atoms with Gasteiger partial charge in [-0.25, -0.2) is 4.79 Å². The third-order valence-corrected chi connectivity index (χ3v) is 6.09. The Bertz CT molecular complexity index is 747. The first-order chi connectivity index (χ1) is 16.0. The van der Waals surface area contributed by atoms with Crippen molar-refractivity contribution in [3.8, 4) is 0 Å². The normalized spacial score (nSPS) is 18.9. The van der Waals surface area contributed by atoms with Crippen LogP contribution in [0.1, 0.15) is 39.0 Å². The quantitative estimate of drug-likeness (QED) is 0.0751. The van der Waals surface area contributed by atoms with Crippen molar-refractivity contribution in [2.24, 2.45) is 22.2 Å². The summed E-state index contributed by atoms with van der Waals surface area (Å²) in [5.74, 6) is -2.51. The summed E-state index contributed by atoms with van der Waals surface area (Å²) in [6.07, 6.45) is 2.39.